The standard InChI is InChI=1S/C7H11N3/c1-5(2)6(4-8)7(9)10-3/h1-3H3,(H2,9,10). The second kappa shape index (κ2) is 3.67. The third-order valence-electron chi connectivity index (χ3n) is 1.11. The summed E-state index contributed by atoms with van der Waals surface area (Å²) in [5, 5.41) is 8.53. The molecule has 2 N–H and O–H groups in total. The lowest BCUT2D eigenvalue weighted by atomic mass is 10.1. The zero-order valence-electron chi connectivity index (χ0n) is 6.47. The van der Waals surface area contributed by atoms with Crippen molar-refractivity contribution in [3.05, 3.63) is 11.1 Å². The molecular formula is C7H11N3. The second-order valence-electron chi connectivity index (χ2n) is 2.10. The van der Waals surface area contributed by atoms with E-state index >= 15 is 0 Å². The van der Waals surface area contributed by atoms with Crippen LogP contribution in [0.2, 0.25) is 0 Å². The molecule has 0 spiro atoms. The molecule has 54 valence electrons. The van der Waals surface area contributed by atoms with E-state index < -0.39 is 0 Å². The van der Waals surface area contributed by atoms with Crippen molar-refractivity contribution in [2.75, 3.05) is 7.05 Å². The van der Waals surface area contributed by atoms with Crippen LogP contribution in [0.5, 0.6) is 0 Å². The van der Waals surface area contributed by atoms with Crippen LogP contribution in [0.1, 0.15) is 13.8 Å². The van der Waals surface area contributed by atoms with Gasteiger partial charge in [-0.3, -0.25) is 4.99 Å². The topological polar surface area (TPSA) is 62.2 Å². The van der Waals surface area contributed by atoms with Crippen molar-refractivity contribution in [1.29, 1.82) is 5.26 Å². The number of hydrogen-bond acceptors (Lipinski definition) is 2. The largest absolute Gasteiger partial charge is 0.383 e. The predicted molar refractivity (Wildman–Crippen MR) is 41.5 cm³/mol. The lowest BCUT2D eigenvalue weighted by Crippen LogP contribution is -2.14. The molecule has 0 rings (SSSR count). The van der Waals surface area contributed by atoms with Crippen molar-refractivity contribution < 1.29 is 0 Å². The minimum Gasteiger partial charge on any atom is -0.383 e. The van der Waals surface area contributed by atoms with Crippen LogP contribution in [0.4, 0.5) is 0 Å². The Balaban J connectivity index is 4.77. The van der Waals surface area contributed by atoms with Gasteiger partial charge in [0.1, 0.15) is 11.9 Å². The number of rotatable bonds is 1. The highest BCUT2D eigenvalue weighted by atomic mass is 14.8. The zero-order valence-corrected chi connectivity index (χ0v) is 6.47. The summed E-state index contributed by atoms with van der Waals surface area (Å²) in [6, 6.07) is 1.98. The van der Waals surface area contributed by atoms with Crippen LogP contribution in [0.3, 0.4) is 0 Å². The number of hydrogen-bond donors (Lipinski definition) is 1. The third-order valence-corrected chi connectivity index (χ3v) is 1.11. The first-order valence-electron chi connectivity index (χ1n) is 2.93. The number of nitrogens with zero attached hydrogens (tertiary/aromatic N) is 2. The number of nitrogens with two attached hydrogens (primary N) is 1. The molecule has 0 saturated carbocycles. The fourth-order valence-electron chi connectivity index (χ4n) is 0.537. The number of allylic oxidation sites excluding steroid dienone is 1. The van der Waals surface area contributed by atoms with E-state index in [9.17, 15) is 0 Å². The minimum atomic E-state index is 0.308. The Morgan fingerprint density at radius 3 is 2.10 bits per heavy atom. The van der Waals surface area contributed by atoms with Gasteiger partial charge in [-0.2, -0.15) is 5.26 Å². The third kappa shape index (κ3) is 1.90. The maximum Gasteiger partial charge on any atom is 0.136 e. The molecule has 0 amide bonds. The first-order valence-corrected chi connectivity index (χ1v) is 2.93. The van der Waals surface area contributed by atoms with Gasteiger partial charge in [0.15, 0.2) is 0 Å². The molecule has 0 radical (unpaired) electrons. The molecule has 0 aromatic heterocycles. The lowest BCUT2D eigenvalue weighted by molar-refractivity contribution is 1.31. The number of nitriles is 1. The highest BCUT2D eigenvalue weighted by Gasteiger charge is 2.00. The van der Waals surface area contributed by atoms with Crippen molar-refractivity contribution in [2.45, 2.75) is 13.8 Å². The van der Waals surface area contributed by atoms with Gasteiger partial charge in [-0.05, 0) is 13.8 Å². The van der Waals surface area contributed by atoms with Gasteiger partial charge in [0.05, 0.1) is 5.57 Å². The summed E-state index contributed by atoms with van der Waals surface area (Å²) in [5.74, 6) is 0.308. The van der Waals surface area contributed by atoms with Gasteiger partial charge >= 0.3 is 0 Å². The van der Waals surface area contributed by atoms with Gasteiger partial charge in [0.2, 0.25) is 0 Å². The average molecular weight is 137 g/mol. The van der Waals surface area contributed by atoms with Gasteiger partial charge in [0.25, 0.3) is 0 Å². The predicted octanol–water partition coefficient (Wildman–Crippen LogP) is 0.833. The van der Waals surface area contributed by atoms with E-state index in [1.807, 2.05) is 19.9 Å². The Morgan fingerprint density at radius 2 is 2.00 bits per heavy atom. The summed E-state index contributed by atoms with van der Waals surface area (Å²) in [6.07, 6.45) is 0. The molecule has 0 fully saturated rings. The fraction of sp³-hybridized carbons (Fsp3) is 0.429. The SMILES string of the molecule is CN=C(N)C(C#N)=C(C)C. The fourth-order valence-corrected chi connectivity index (χ4v) is 0.537. The molecule has 0 aliphatic rings. The summed E-state index contributed by atoms with van der Waals surface area (Å²) in [4.78, 5) is 3.69. The first-order chi connectivity index (χ1) is 4.63. The molecule has 0 saturated heterocycles. The normalized spacial score (nSPS) is 10.4. The summed E-state index contributed by atoms with van der Waals surface area (Å²) in [6.45, 7) is 3.66. The van der Waals surface area contributed by atoms with E-state index in [4.69, 9.17) is 11.0 Å². The van der Waals surface area contributed by atoms with Gasteiger partial charge in [-0.1, -0.05) is 5.57 Å². The Kier molecular flexibility index (Phi) is 3.20. The van der Waals surface area contributed by atoms with Crippen LogP contribution >= 0.6 is 0 Å². The zero-order chi connectivity index (χ0) is 8.15. The summed E-state index contributed by atoms with van der Waals surface area (Å²) < 4.78 is 0. The van der Waals surface area contributed by atoms with E-state index in [2.05, 4.69) is 4.99 Å². The minimum absolute atomic E-state index is 0.308. The van der Waals surface area contributed by atoms with Crippen molar-refractivity contribution in [2.24, 2.45) is 10.7 Å². The number of amidine groups is 1. The molecule has 0 bridgehead atoms. The Morgan fingerprint density at radius 1 is 1.50 bits per heavy atom. The molecular weight excluding hydrogens is 126 g/mol. The van der Waals surface area contributed by atoms with Gasteiger partial charge < -0.3 is 5.73 Å². The van der Waals surface area contributed by atoms with Crippen LogP contribution in [-0.2, 0) is 0 Å². The van der Waals surface area contributed by atoms with Crippen LogP contribution in [0.25, 0.3) is 0 Å². The summed E-state index contributed by atoms with van der Waals surface area (Å²) in [5.41, 5.74) is 6.77. The molecule has 3 heteroatoms. The molecule has 0 aromatic carbocycles. The van der Waals surface area contributed by atoms with E-state index in [0.29, 0.717) is 11.4 Å². The Bertz CT molecular complexity index is 213. The van der Waals surface area contributed by atoms with E-state index in [-0.39, 0.29) is 0 Å². The maximum atomic E-state index is 8.53. The molecule has 10 heavy (non-hydrogen) atoms. The molecule has 0 unspecified atom stereocenters. The molecule has 0 heterocycles. The monoisotopic (exact) mass is 137 g/mol. The van der Waals surface area contributed by atoms with Crippen molar-refractivity contribution >= 4 is 5.84 Å². The van der Waals surface area contributed by atoms with Crippen LogP contribution in [0, 0.1) is 11.3 Å². The van der Waals surface area contributed by atoms with Crippen molar-refractivity contribution in [3.8, 4) is 6.07 Å². The molecule has 3 nitrogen and oxygen atoms in total. The van der Waals surface area contributed by atoms with Gasteiger partial charge in [-0.15, -0.1) is 0 Å². The van der Waals surface area contributed by atoms with Crippen LogP contribution in [-0.4, -0.2) is 12.9 Å². The van der Waals surface area contributed by atoms with Gasteiger partial charge in [0, 0.05) is 7.05 Å². The van der Waals surface area contributed by atoms with Crippen molar-refractivity contribution in [3.63, 3.8) is 0 Å². The van der Waals surface area contributed by atoms with E-state index in [1.54, 1.807) is 7.05 Å². The molecule has 0 atom stereocenters. The first kappa shape index (κ1) is 8.70. The average Bonchev–Trinajstić information content (AvgIpc) is 1.88. The second-order valence-corrected chi connectivity index (χ2v) is 2.10. The van der Waals surface area contributed by atoms with Crippen molar-refractivity contribution in [1.82, 2.24) is 0 Å². The molecule has 0 aliphatic carbocycles. The summed E-state index contributed by atoms with van der Waals surface area (Å²) in [7, 11) is 1.57. The van der Waals surface area contributed by atoms with Crippen LogP contribution < -0.4 is 5.73 Å². The lowest BCUT2D eigenvalue weighted by Gasteiger charge is -1.96. The van der Waals surface area contributed by atoms with E-state index in [1.165, 1.54) is 0 Å². The van der Waals surface area contributed by atoms with Gasteiger partial charge in [-0.25, -0.2) is 0 Å². The van der Waals surface area contributed by atoms with Crippen LogP contribution in [0.15, 0.2) is 16.1 Å². The highest BCUT2D eigenvalue weighted by molar-refractivity contribution is 6.00. The number of aliphatic imine (C=N–C) groups is 1. The smallest absolute Gasteiger partial charge is 0.136 e. The maximum absolute atomic E-state index is 8.53. The Labute approximate surface area is 60.9 Å². The quantitative estimate of drug-likeness (QED) is 0.330. The Hall–Kier alpha value is -1.30. The molecule has 0 aromatic rings. The van der Waals surface area contributed by atoms with E-state index in [0.717, 1.165) is 5.57 Å². The highest BCUT2D eigenvalue weighted by Crippen LogP contribution is 2.00. The molecule has 0 aliphatic heterocycles. The summed E-state index contributed by atoms with van der Waals surface area (Å²) >= 11 is 0.